The summed E-state index contributed by atoms with van der Waals surface area (Å²) in [6.07, 6.45) is 6.37. The van der Waals surface area contributed by atoms with Gasteiger partial charge < -0.3 is 15.2 Å². The van der Waals surface area contributed by atoms with Crippen LogP contribution in [0.4, 0.5) is 0 Å². The topological polar surface area (TPSA) is 67.3 Å². The molecule has 1 aliphatic carbocycles. The number of aromatic nitrogens is 2. The molecule has 102 valence electrons. The van der Waals surface area contributed by atoms with Crippen molar-refractivity contribution in [1.82, 2.24) is 14.1 Å². The van der Waals surface area contributed by atoms with Crippen LogP contribution in [0.5, 0.6) is 5.88 Å². The molecule has 1 heterocycles. The summed E-state index contributed by atoms with van der Waals surface area (Å²) in [4.78, 5) is 0. The molecule has 1 aliphatic rings. The van der Waals surface area contributed by atoms with Crippen LogP contribution in [0.1, 0.15) is 32.6 Å². The minimum atomic E-state index is -0.504. The van der Waals surface area contributed by atoms with Gasteiger partial charge in [0.1, 0.15) is 18.9 Å². The highest BCUT2D eigenvalue weighted by atomic mass is 32.1. The molecular formula is C12H21N3O2S. The maximum absolute atomic E-state index is 9.81. The molecule has 2 N–H and O–H groups in total. The Morgan fingerprint density at radius 3 is 3.00 bits per heavy atom. The predicted molar refractivity (Wildman–Crippen MR) is 70.8 cm³/mol. The van der Waals surface area contributed by atoms with Crippen LogP contribution in [0.25, 0.3) is 0 Å². The van der Waals surface area contributed by atoms with E-state index in [-0.39, 0.29) is 6.61 Å². The van der Waals surface area contributed by atoms with E-state index in [2.05, 4.69) is 21.0 Å². The van der Waals surface area contributed by atoms with Gasteiger partial charge in [-0.2, -0.15) is 4.37 Å². The lowest BCUT2D eigenvalue weighted by atomic mass is 10.00. The Morgan fingerprint density at radius 2 is 2.33 bits per heavy atom. The fourth-order valence-electron chi connectivity index (χ4n) is 2.41. The predicted octanol–water partition coefficient (Wildman–Crippen LogP) is 1.45. The van der Waals surface area contributed by atoms with Crippen molar-refractivity contribution in [3.8, 4) is 5.88 Å². The van der Waals surface area contributed by atoms with E-state index in [1.165, 1.54) is 25.7 Å². The second-order valence-corrected chi connectivity index (χ2v) is 5.51. The van der Waals surface area contributed by atoms with E-state index in [1.54, 1.807) is 6.20 Å². The first-order valence-electron chi connectivity index (χ1n) is 6.57. The van der Waals surface area contributed by atoms with Gasteiger partial charge in [-0.05, 0) is 25.7 Å². The van der Waals surface area contributed by atoms with Gasteiger partial charge in [-0.25, -0.2) is 0 Å². The quantitative estimate of drug-likeness (QED) is 0.785. The monoisotopic (exact) mass is 271 g/mol. The first-order chi connectivity index (χ1) is 8.75. The fraction of sp³-hybridized carbons (Fsp3) is 0.833. The fourth-order valence-corrected chi connectivity index (χ4v) is 2.77. The highest BCUT2D eigenvalue weighted by Crippen LogP contribution is 2.27. The molecule has 0 aliphatic heterocycles. The van der Waals surface area contributed by atoms with Crippen molar-refractivity contribution in [2.45, 2.75) is 44.8 Å². The Kier molecular flexibility index (Phi) is 5.34. The Hall–Kier alpha value is -0.720. The molecule has 18 heavy (non-hydrogen) atoms. The van der Waals surface area contributed by atoms with E-state index in [9.17, 15) is 5.11 Å². The first-order valence-corrected chi connectivity index (χ1v) is 7.30. The Bertz CT molecular complexity index is 328. The zero-order valence-corrected chi connectivity index (χ0v) is 11.5. The number of nitrogens with one attached hydrogen (secondary N) is 1. The summed E-state index contributed by atoms with van der Waals surface area (Å²) in [5.41, 5.74) is 0. The average molecular weight is 271 g/mol. The largest absolute Gasteiger partial charge is 0.473 e. The van der Waals surface area contributed by atoms with E-state index in [1.807, 2.05) is 0 Å². The Labute approximate surface area is 112 Å². The van der Waals surface area contributed by atoms with Crippen LogP contribution in [0.2, 0.25) is 0 Å². The molecule has 1 aromatic heterocycles. The van der Waals surface area contributed by atoms with E-state index < -0.39 is 6.10 Å². The third-order valence-electron chi connectivity index (χ3n) is 3.55. The second kappa shape index (κ2) is 7.01. The highest BCUT2D eigenvalue weighted by Gasteiger charge is 2.21. The number of hydrogen-bond acceptors (Lipinski definition) is 6. The van der Waals surface area contributed by atoms with E-state index in [4.69, 9.17) is 4.74 Å². The lowest BCUT2D eigenvalue weighted by molar-refractivity contribution is 0.0997. The zero-order chi connectivity index (χ0) is 12.8. The molecule has 0 spiro atoms. The van der Waals surface area contributed by atoms with E-state index >= 15 is 0 Å². The molecule has 0 radical (unpaired) electrons. The van der Waals surface area contributed by atoms with Gasteiger partial charge in [0.15, 0.2) is 0 Å². The number of hydrogen-bond donors (Lipinski definition) is 2. The second-order valence-electron chi connectivity index (χ2n) is 4.95. The summed E-state index contributed by atoms with van der Waals surface area (Å²) < 4.78 is 13.1. The number of ether oxygens (including phenoxy) is 1. The molecule has 2 rings (SSSR count). The standard InChI is InChI=1S/C12H21N3O2S/c1-9(10-4-2-3-5-10)13-6-11(16)8-17-12-7-14-18-15-12/h7,9-11,13,16H,2-6,8H2,1H3/t9-,11?/m0/s1. The summed E-state index contributed by atoms with van der Waals surface area (Å²) >= 11 is 1.10. The van der Waals surface area contributed by atoms with Crippen LogP contribution >= 0.6 is 11.7 Å². The van der Waals surface area contributed by atoms with Crippen LogP contribution in [-0.2, 0) is 0 Å². The average Bonchev–Trinajstić information content (AvgIpc) is 3.05. The maximum atomic E-state index is 9.81. The van der Waals surface area contributed by atoms with Crippen LogP contribution < -0.4 is 10.1 Å². The summed E-state index contributed by atoms with van der Waals surface area (Å²) in [5.74, 6) is 1.25. The van der Waals surface area contributed by atoms with Crippen LogP contribution in [0, 0.1) is 5.92 Å². The van der Waals surface area contributed by atoms with Gasteiger partial charge >= 0.3 is 0 Å². The normalized spacial score (nSPS) is 19.9. The van der Waals surface area contributed by atoms with Crippen molar-refractivity contribution < 1.29 is 9.84 Å². The lowest BCUT2D eigenvalue weighted by Crippen LogP contribution is -2.39. The SMILES string of the molecule is C[C@H](NCC(O)COc1cnsn1)C1CCCC1. The van der Waals surface area contributed by atoms with Crippen molar-refractivity contribution in [2.75, 3.05) is 13.2 Å². The summed E-state index contributed by atoms with van der Waals surface area (Å²) in [6.45, 7) is 3.03. The summed E-state index contributed by atoms with van der Waals surface area (Å²) in [7, 11) is 0. The van der Waals surface area contributed by atoms with E-state index in [0.29, 0.717) is 18.5 Å². The van der Waals surface area contributed by atoms with Gasteiger partial charge in [-0.15, -0.1) is 4.37 Å². The minimum Gasteiger partial charge on any atom is -0.473 e. The van der Waals surface area contributed by atoms with Crippen molar-refractivity contribution in [3.05, 3.63) is 6.20 Å². The van der Waals surface area contributed by atoms with Crippen LogP contribution in [-0.4, -0.2) is 39.2 Å². The lowest BCUT2D eigenvalue weighted by Gasteiger charge is -2.22. The molecule has 1 aromatic rings. The van der Waals surface area contributed by atoms with Gasteiger partial charge in [0, 0.05) is 12.6 Å². The van der Waals surface area contributed by atoms with Gasteiger partial charge in [-0.3, -0.25) is 0 Å². The number of rotatable bonds is 7. The van der Waals surface area contributed by atoms with Gasteiger partial charge in [0.05, 0.1) is 11.7 Å². The Morgan fingerprint density at radius 1 is 1.56 bits per heavy atom. The number of aliphatic hydroxyl groups is 1. The van der Waals surface area contributed by atoms with Crippen LogP contribution in [0.3, 0.4) is 0 Å². The van der Waals surface area contributed by atoms with Crippen molar-refractivity contribution in [1.29, 1.82) is 0 Å². The van der Waals surface area contributed by atoms with Gasteiger partial charge in [0.2, 0.25) is 5.88 Å². The molecule has 5 nitrogen and oxygen atoms in total. The molecule has 2 atom stereocenters. The molecule has 6 heteroatoms. The molecule has 1 unspecified atom stereocenters. The minimum absolute atomic E-state index is 0.260. The maximum Gasteiger partial charge on any atom is 0.245 e. The number of nitrogens with zero attached hydrogens (tertiary/aromatic N) is 2. The van der Waals surface area contributed by atoms with Gasteiger partial charge in [-0.1, -0.05) is 12.8 Å². The molecule has 1 saturated carbocycles. The van der Waals surface area contributed by atoms with Crippen molar-refractivity contribution in [2.24, 2.45) is 5.92 Å². The zero-order valence-electron chi connectivity index (χ0n) is 10.7. The molecule has 0 saturated heterocycles. The van der Waals surface area contributed by atoms with E-state index in [0.717, 1.165) is 17.6 Å². The summed E-state index contributed by atoms with van der Waals surface area (Å²) in [6, 6.07) is 0.475. The third-order valence-corrected chi connectivity index (χ3v) is 4.01. The third kappa shape index (κ3) is 4.19. The van der Waals surface area contributed by atoms with Crippen LogP contribution in [0.15, 0.2) is 6.20 Å². The van der Waals surface area contributed by atoms with Crippen molar-refractivity contribution >= 4 is 11.7 Å². The number of aliphatic hydroxyl groups excluding tert-OH is 1. The smallest absolute Gasteiger partial charge is 0.245 e. The summed E-state index contributed by atoms with van der Waals surface area (Å²) in [5, 5.41) is 13.2. The molecule has 0 bridgehead atoms. The van der Waals surface area contributed by atoms with Gasteiger partial charge in [0.25, 0.3) is 0 Å². The molecular weight excluding hydrogens is 250 g/mol. The Balaban J connectivity index is 1.60. The highest BCUT2D eigenvalue weighted by molar-refractivity contribution is 6.99. The molecule has 0 aromatic carbocycles. The molecule has 0 amide bonds. The molecule has 1 fully saturated rings. The first kappa shape index (κ1) is 13.7. The van der Waals surface area contributed by atoms with Crippen molar-refractivity contribution in [3.63, 3.8) is 0 Å².